The van der Waals surface area contributed by atoms with Gasteiger partial charge in [-0.2, -0.15) is 5.10 Å². The van der Waals surface area contributed by atoms with Crippen LogP contribution in [-0.2, 0) is 11.3 Å². The third-order valence-electron chi connectivity index (χ3n) is 4.18. The second kappa shape index (κ2) is 5.52. The number of nitrogens with zero attached hydrogens (tertiary/aromatic N) is 3. The van der Waals surface area contributed by atoms with Gasteiger partial charge in [0.2, 0.25) is 0 Å². The Morgan fingerprint density at radius 3 is 3.26 bits per heavy atom. The molecular weight excluding hydrogens is 310 g/mol. The lowest BCUT2D eigenvalue weighted by atomic mass is 10.1. The van der Waals surface area contributed by atoms with Gasteiger partial charge in [0.1, 0.15) is 12.2 Å². The van der Waals surface area contributed by atoms with E-state index in [1.54, 1.807) is 6.20 Å². The number of rotatable bonds is 3. The summed E-state index contributed by atoms with van der Waals surface area (Å²) < 4.78 is 8.56. The molecule has 0 aliphatic carbocycles. The van der Waals surface area contributed by atoms with Gasteiger partial charge in [-0.25, -0.2) is 0 Å². The van der Waals surface area contributed by atoms with Crippen molar-refractivity contribution in [3.05, 3.63) is 16.4 Å². The summed E-state index contributed by atoms with van der Waals surface area (Å²) in [7, 11) is 0. The zero-order chi connectivity index (χ0) is 13.4. The number of ether oxygens (including phenoxy) is 1. The summed E-state index contributed by atoms with van der Waals surface area (Å²) in [5.41, 5.74) is 0.824. The third-order valence-corrected chi connectivity index (χ3v) is 4.79. The van der Waals surface area contributed by atoms with Gasteiger partial charge >= 0.3 is 0 Å². The predicted molar refractivity (Wildman–Crippen MR) is 74.9 cm³/mol. The highest BCUT2D eigenvalue weighted by Crippen LogP contribution is 2.31. The molecule has 0 spiro atoms. The second-order valence-corrected chi connectivity index (χ2v) is 6.16. The Balaban J connectivity index is 1.76. The molecule has 1 N–H and O–H groups in total. The monoisotopic (exact) mass is 329 g/mol. The molecule has 1 aromatic heterocycles. The smallest absolute Gasteiger partial charge is 0.124 e. The Hall–Kier alpha value is -0.430. The van der Waals surface area contributed by atoms with Crippen molar-refractivity contribution in [1.82, 2.24) is 14.7 Å². The first-order chi connectivity index (χ1) is 9.20. The number of aryl methyl sites for hydroxylation is 1. The summed E-state index contributed by atoms with van der Waals surface area (Å²) in [6.45, 7) is 5.45. The van der Waals surface area contributed by atoms with Gasteiger partial charge in [0.15, 0.2) is 0 Å². The van der Waals surface area contributed by atoms with Crippen LogP contribution >= 0.6 is 15.9 Å². The average molecular weight is 330 g/mol. The van der Waals surface area contributed by atoms with Crippen LogP contribution in [0.2, 0.25) is 0 Å². The number of halogens is 1. The van der Waals surface area contributed by atoms with Crippen LogP contribution in [0.5, 0.6) is 0 Å². The van der Waals surface area contributed by atoms with Gasteiger partial charge in [-0.15, -0.1) is 0 Å². The standard InChI is InChI=1S/C13H20BrN3O2/c1-2-17-12(10(14)6-15-17)13(18)11-7-16-5-3-4-9(16)8-19-11/h6,9,11,13,18H,2-5,7-8H2,1H3. The first-order valence-corrected chi connectivity index (χ1v) is 7.75. The van der Waals surface area contributed by atoms with Gasteiger partial charge in [0.05, 0.1) is 23.0 Å². The summed E-state index contributed by atoms with van der Waals surface area (Å²) in [6, 6.07) is 0.558. The molecule has 0 radical (unpaired) electrons. The minimum Gasteiger partial charge on any atom is -0.384 e. The summed E-state index contributed by atoms with van der Waals surface area (Å²) in [6.07, 6.45) is 3.42. The van der Waals surface area contributed by atoms with Gasteiger partial charge in [0, 0.05) is 19.1 Å². The molecule has 6 heteroatoms. The molecule has 3 atom stereocenters. The quantitative estimate of drug-likeness (QED) is 0.914. The van der Waals surface area contributed by atoms with E-state index < -0.39 is 6.10 Å². The minimum absolute atomic E-state index is 0.160. The maximum absolute atomic E-state index is 10.6. The molecule has 3 unspecified atom stereocenters. The van der Waals surface area contributed by atoms with E-state index in [1.165, 1.54) is 12.8 Å². The molecule has 0 aromatic carbocycles. The number of fused-ring (bicyclic) bond motifs is 1. The van der Waals surface area contributed by atoms with Crippen LogP contribution in [0.4, 0.5) is 0 Å². The molecule has 5 nitrogen and oxygen atoms in total. The molecule has 106 valence electrons. The number of aliphatic hydroxyl groups excluding tert-OH is 1. The highest BCUT2D eigenvalue weighted by atomic mass is 79.9. The number of morpholine rings is 1. The molecule has 0 amide bonds. The van der Waals surface area contributed by atoms with Gasteiger partial charge in [0.25, 0.3) is 0 Å². The van der Waals surface area contributed by atoms with Crippen molar-refractivity contribution >= 4 is 15.9 Å². The van der Waals surface area contributed by atoms with Crippen LogP contribution in [0.15, 0.2) is 10.7 Å². The van der Waals surface area contributed by atoms with Gasteiger partial charge in [-0.1, -0.05) is 0 Å². The number of aromatic nitrogens is 2. The Bertz CT molecular complexity index is 451. The van der Waals surface area contributed by atoms with E-state index in [1.807, 2.05) is 11.6 Å². The second-order valence-electron chi connectivity index (χ2n) is 5.30. The number of hydrogen-bond donors (Lipinski definition) is 1. The normalized spacial score (nSPS) is 29.4. The van der Waals surface area contributed by atoms with Crippen molar-refractivity contribution in [2.75, 3.05) is 19.7 Å². The maximum Gasteiger partial charge on any atom is 0.124 e. The molecule has 2 fully saturated rings. The highest BCUT2D eigenvalue weighted by molar-refractivity contribution is 9.10. The van der Waals surface area contributed by atoms with Crippen molar-refractivity contribution in [3.8, 4) is 0 Å². The van der Waals surface area contributed by atoms with Crippen molar-refractivity contribution in [3.63, 3.8) is 0 Å². The van der Waals surface area contributed by atoms with E-state index in [4.69, 9.17) is 4.74 Å². The largest absolute Gasteiger partial charge is 0.384 e. The summed E-state index contributed by atoms with van der Waals surface area (Å²) in [5.74, 6) is 0. The third kappa shape index (κ3) is 2.46. The maximum atomic E-state index is 10.6. The summed E-state index contributed by atoms with van der Waals surface area (Å²) >= 11 is 3.47. The Morgan fingerprint density at radius 2 is 2.47 bits per heavy atom. The van der Waals surface area contributed by atoms with E-state index >= 15 is 0 Å². The van der Waals surface area contributed by atoms with Gasteiger partial charge in [-0.05, 0) is 42.2 Å². The van der Waals surface area contributed by atoms with Crippen LogP contribution in [0.3, 0.4) is 0 Å². The molecule has 3 rings (SSSR count). The van der Waals surface area contributed by atoms with Gasteiger partial charge in [-0.3, -0.25) is 9.58 Å². The fraction of sp³-hybridized carbons (Fsp3) is 0.769. The van der Waals surface area contributed by atoms with Crippen LogP contribution in [-0.4, -0.2) is 51.6 Å². The van der Waals surface area contributed by atoms with E-state index in [9.17, 15) is 5.11 Å². The minimum atomic E-state index is -0.627. The predicted octanol–water partition coefficient (Wildman–Crippen LogP) is 1.56. The highest BCUT2D eigenvalue weighted by Gasteiger charge is 2.37. The Labute approximate surface area is 121 Å². The summed E-state index contributed by atoms with van der Waals surface area (Å²) in [5, 5.41) is 14.9. The molecule has 2 aliphatic rings. The van der Waals surface area contributed by atoms with Crippen LogP contribution < -0.4 is 0 Å². The van der Waals surface area contributed by atoms with Crippen LogP contribution in [0, 0.1) is 0 Å². The van der Waals surface area contributed by atoms with Gasteiger partial charge < -0.3 is 9.84 Å². The zero-order valence-electron chi connectivity index (χ0n) is 11.1. The lowest BCUT2D eigenvalue weighted by Crippen LogP contribution is -2.48. The fourth-order valence-electron chi connectivity index (χ4n) is 3.13. The van der Waals surface area contributed by atoms with E-state index in [0.29, 0.717) is 6.04 Å². The molecule has 19 heavy (non-hydrogen) atoms. The molecule has 2 aliphatic heterocycles. The SMILES string of the molecule is CCn1ncc(Br)c1C(O)C1CN2CCCC2CO1. The fourth-order valence-corrected chi connectivity index (χ4v) is 3.66. The summed E-state index contributed by atoms with van der Waals surface area (Å²) in [4.78, 5) is 2.44. The van der Waals surface area contributed by atoms with E-state index in [-0.39, 0.29) is 6.10 Å². The van der Waals surface area contributed by atoms with E-state index in [0.717, 1.165) is 36.4 Å². The molecule has 0 bridgehead atoms. The van der Waals surface area contributed by atoms with E-state index in [2.05, 4.69) is 25.9 Å². The lowest BCUT2D eigenvalue weighted by molar-refractivity contribution is -0.106. The topological polar surface area (TPSA) is 50.5 Å². The lowest BCUT2D eigenvalue weighted by Gasteiger charge is -2.37. The Kier molecular flexibility index (Phi) is 3.93. The molecule has 1 aromatic rings. The first kappa shape index (κ1) is 13.5. The zero-order valence-corrected chi connectivity index (χ0v) is 12.7. The molecule has 0 saturated carbocycles. The number of hydrogen-bond acceptors (Lipinski definition) is 4. The van der Waals surface area contributed by atoms with Crippen molar-refractivity contribution in [2.24, 2.45) is 0 Å². The molecule has 3 heterocycles. The van der Waals surface area contributed by atoms with Crippen molar-refractivity contribution < 1.29 is 9.84 Å². The Morgan fingerprint density at radius 1 is 1.63 bits per heavy atom. The first-order valence-electron chi connectivity index (χ1n) is 6.95. The molecular formula is C13H20BrN3O2. The van der Waals surface area contributed by atoms with Crippen LogP contribution in [0.25, 0.3) is 0 Å². The molecule has 2 saturated heterocycles. The number of aliphatic hydroxyl groups is 1. The van der Waals surface area contributed by atoms with Crippen LogP contribution in [0.1, 0.15) is 31.6 Å². The van der Waals surface area contributed by atoms with Crippen molar-refractivity contribution in [1.29, 1.82) is 0 Å². The average Bonchev–Trinajstić information content (AvgIpc) is 3.02. The van der Waals surface area contributed by atoms with Crippen molar-refractivity contribution in [2.45, 2.75) is 44.6 Å².